The number of halogens is 1. The van der Waals surface area contributed by atoms with Gasteiger partial charge in [-0.2, -0.15) is 5.26 Å². The SMILES string of the molecule is CCc1cc(C(C)(C)c2ccc(OCc3ccnc(SC)n3)cc2)cc(C#N)c1OCC(C)(F)CO. The van der Waals surface area contributed by atoms with Gasteiger partial charge < -0.3 is 14.6 Å². The van der Waals surface area contributed by atoms with Gasteiger partial charge in [0.15, 0.2) is 10.8 Å². The number of nitrogens with zero attached hydrogens (tertiary/aromatic N) is 3. The van der Waals surface area contributed by atoms with Crippen molar-refractivity contribution in [1.29, 1.82) is 5.26 Å². The molecule has 1 atom stereocenters. The fourth-order valence-electron chi connectivity index (χ4n) is 3.68. The molecule has 0 fully saturated rings. The zero-order valence-electron chi connectivity index (χ0n) is 21.3. The molecule has 0 radical (unpaired) electrons. The number of aliphatic hydroxyl groups is 1. The molecular formula is C28H32FN3O3S. The summed E-state index contributed by atoms with van der Waals surface area (Å²) in [6.07, 6.45) is 4.27. The van der Waals surface area contributed by atoms with Crippen LogP contribution < -0.4 is 9.47 Å². The molecule has 0 aliphatic carbocycles. The summed E-state index contributed by atoms with van der Waals surface area (Å²) in [6, 6.07) is 15.7. The Bertz CT molecular complexity index is 1220. The van der Waals surface area contributed by atoms with Crippen LogP contribution in [0.2, 0.25) is 0 Å². The number of benzene rings is 2. The maximum atomic E-state index is 14.2. The molecule has 1 unspecified atom stereocenters. The number of hydrogen-bond donors (Lipinski definition) is 1. The minimum atomic E-state index is -1.88. The number of aryl methyl sites for hydroxylation is 1. The van der Waals surface area contributed by atoms with Gasteiger partial charge in [-0.1, -0.05) is 50.7 Å². The highest BCUT2D eigenvalue weighted by Crippen LogP contribution is 2.37. The van der Waals surface area contributed by atoms with Gasteiger partial charge in [0.05, 0.1) is 17.9 Å². The Hall–Kier alpha value is -3.15. The lowest BCUT2D eigenvalue weighted by molar-refractivity contribution is 0.0404. The van der Waals surface area contributed by atoms with Crippen molar-refractivity contribution in [1.82, 2.24) is 9.97 Å². The third kappa shape index (κ3) is 6.54. The first-order valence-electron chi connectivity index (χ1n) is 11.7. The van der Waals surface area contributed by atoms with Crippen molar-refractivity contribution in [2.45, 2.75) is 57.0 Å². The Kier molecular flexibility index (Phi) is 8.93. The summed E-state index contributed by atoms with van der Waals surface area (Å²) in [6.45, 7) is 6.78. The van der Waals surface area contributed by atoms with Gasteiger partial charge in [0, 0.05) is 11.6 Å². The summed E-state index contributed by atoms with van der Waals surface area (Å²) in [4.78, 5) is 8.61. The van der Waals surface area contributed by atoms with E-state index in [1.54, 1.807) is 12.3 Å². The molecule has 2 aromatic carbocycles. The van der Waals surface area contributed by atoms with Crippen molar-refractivity contribution in [3.63, 3.8) is 0 Å². The molecule has 1 N–H and O–H groups in total. The normalized spacial score (nSPS) is 13.1. The zero-order valence-corrected chi connectivity index (χ0v) is 22.2. The van der Waals surface area contributed by atoms with E-state index < -0.39 is 17.7 Å². The molecule has 36 heavy (non-hydrogen) atoms. The monoisotopic (exact) mass is 509 g/mol. The van der Waals surface area contributed by atoms with Crippen LogP contribution in [0.1, 0.15) is 55.6 Å². The molecule has 1 aromatic heterocycles. The van der Waals surface area contributed by atoms with E-state index in [4.69, 9.17) is 9.47 Å². The lowest BCUT2D eigenvalue weighted by atomic mass is 9.77. The van der Waals surface area contributed by atoms with Crippen LogP contribution in [0.15, 0.2) is 53.8 Å². The van der Waals surface area contributed by atoms with Crippen LogP contribution in [-0.4, -0.2) is 40.2 Å². The minimum Gasteiger partial charge on any atom is -0.488 e. The van der Waals surface area contributed by atoms with Crippen molar-refractivity contribution < 1.29 is 19.0 Å². The van der Waals surface area contributed by atoms with Crippen LogP contribution in [0.3, 0.4) is 0 Å². The van der Waals surface area contributed by atoms with Crippen LogP contribution in [0, 0.1) is 11.3 Å². The average Bonchev–Trinajstić information content (AvgIpc) is 2.90. The quantitative estimate of drug-likeness (QED) is 0.264. The molecular weight excluding hydrogens is 477 g/mol. The molecule has 0 spiro atoms. The second-order valence-electron chi connectivity index (χ2n) is 9.31. The van der Waals surface area contributed by atoms with Crippen molar-refractivity contribution in [3.8, 4) is 17.6 Å². The summed E-state index contributed by atoms with van der Waals surface area (Å²) in [7, 11) is 0. The number of nitriles is 1. The largest absolute Gasteiger partial charge is 0.488 e. The maximum Gasteiger partial charge on any atom is 0.187 e. The first-order chi connectivity index (χ1) is 17.1. The minimum absolute atomic E-state index is 0.330. The van der Waals surface area contributed by atoms with Crippen LogP contribution in [0.25, 0.3) is 0 Å². The lowest BCUT2D eigenvalue weighted by Crippen LogP contribution is -2.31. The number of thioether (sulfide) groups is 1. The highest BCUT2D eigenvalue weighted by molar-refractivity contribution is 7.98. The first-order valence-corrected chi connectivity index (χ1v) is 12.9. The number of aliphatic hydroxyl groups excluding tert-OH is 1. The van der Waals surface area contributed by atoms with E-state index in [1.165, 1.54) is 18.7 Å². The summed E-state index contributed by atoms with van der Waals surface area (Å²) < 4.78 is 25.8. The molecule has 8 heteroatoms. The Labute approximate surface area is 216 Å². The van der Waals surface area contributed by atoms with Crippen LogP contribution >= 0.6 is 11.8 Å². The predicted octanol–water partition coefficient (Wildman–Crippen LogP) is 5.64. The molecule has 0 bridgehead atoms. The summed E-state index contributed by atoms with van der Waals surface area (Å²) in [5.74, 6) is 1.10. The molecule has 0 aliphatic rings. The topological polar surface area (TPSA) is 88.3 Å². The van der Waals surface area contributed by atoms with Crippen molar-refractivity contribution in [2.75, 3.05) is 19.5 Å². The van der Waals surface area contributed by atoms with Gasteiger partial charge in [0.2, 0.25) is 0 Å². The van der Waals surface area contributed by atoms with Gasteiger partial charge in [-0.3, -0.25) is 0 Å². The molecule has 3 rings (SSSR count). The van der Waals surface area contributed by atoms with Crippen LogP contribution in [0.5, 0.6) is 11.5 Å². The Morgan fingerprint density at radius 3 is 2.42 bits per heavy atom. The highest BCUT2D eigenvalue weighted by Gasteiger charge is 2.28. The van der Waals surface area contributed by atoms with E-state index in [1.807, 2.05) is 49.6 Å². The highest BCUT2D eigenvalue weighted by atomic mass is 32.2. The number of rotatable bonds is 11. The molecule has 0 saturated heterocycles. The van der Waals surface area contributed by atoms with E-state index in [0.717, 1.165) is 28.1 Å². The third-order valence-corrected chi connectivity index (χ3v) is 6.63. The molecule has 3 aromatic rings. The van der Waals surface area contributed by atoms with E-state index in [9.17, 15) is 14.8 Å². The summed E-state index contributed by atoms with van der Waals surface area (Å²) in [5, 5.41) is 19.7. The van der Waals surface area contributed by atoms with Gasteiger partial charge in [-0.05, 0) is 60.6 Å². The molecule has 6 nitrogen and oxygen atoms in total. The second-order valence-corrected chi connectivity index (χ2v) is 10.1. The maximum absolute atomic E-state index is 14.2. The van der Waals surface area contributed by atoms with Gasteiger partial charge >= 0.3 is 0 Å². The second kappa shape index (κ2) is 11.7. The smallest absolute Gasteiger partial charge is 0.187 e. The predicted molar refractivity (Wildman–Crippen MR) is 139 cm³/mol. The van der Waals surface area contributed by atoms with E-state index in [0.29, 0.717) is 29.5 Å². The van der Waals surface area contributed by atoms with E-state index in [2.05, 4.69) is 29.9 Å². The number of aromatic nitrogens is 2. The molecule has 1 heterocycles. The van der Waals surface area contributed by atoms with Crippen molar-refractivity contribution in [2.24, 2.45) is 0 Å². The summed E-state index contributed by atoms with van der Waals surface area (Å²) in [5.41, 5.74) is 1.69. The van der Waals surface area contributed by atoms with Crippen molar-refractivity contribution in [3.05, 3.63) is 76.6 Å². The van der Waals surface area contributed by atoms with Crippen LogP contribution in [-0.2, 0) is 18.4 Å². The third-order valence-electron chi connectivity index (χ3n) is 6.07. The van der Waals surface area contributed by atoms with Crippen molar-refractivity contribution >= 4 is 11.8 Å². The van der Waals surface area contributed by atoms with Gasteiger partial charge in [-0.15, -0.1) is 0 Å². The standard InChI is InChI=1S/C28H32FN3O3S/c1-6-19-13-22(14-20(15-30)25(19)35-18-28(4,29)17-33)27(2,3)21-7-9-24(10-8-21)34-16-23-11-12-31-26(32-23)36-5/h7-14,33H,6,16-18H2,1-5H3. The van der Waals surface area contributed by atoms with E-state index in [-0.39, 0.29) is 6.61 Å². The molecule has 0 amide bonds. The molecule has 190 valence electrons. The summed E-state index contributed by atoms with van der Waals surface area (Å²) >= 11 is 1.49. The Morgan fingerprint density at radius 1 is 1.08 bits per heavy atom. The van der Waals surface area contributed by atoms with Gasteiger partial charge in [-0.25, -0.2) is 14.4 Å². The fraction of sp³-hybridized carbons (Fsp3) is 0.393. The lowest BCUT2D eigenvalue weighted by Gasteiger charge is -2.28. The van der Waals surface area contributed by atoms with Gasteiger partial charge in [0.1, 0.15) is 30.8 Å². The first kappa shape index (κ1) is 27.4. The number of alkyl halides is 1. The van der Waals surface area contributed by atoms with E-state index >= 15 is 0 Å². The van der Waals surface area contributed by atoms with Crippen LogP contribution in [0.4, 0.5) is 4.39 Å². The average molecular weight is 510 g/mol. The Balaban J connectivity index is 1.82. The van der Waals surface area contributed by atoms with Gasteiger partial charge in [0.25, 0.3) is 0 Å². The Morgan fingerprint density at radius 2 is 1.81 bits per heavy atom. The molecule has 0 aliphatic heterocycles. The molecule has 0 saturated carbocycles. The number of ether oxygens (including phenoxy) is 2. The number of hydrogen-bond acceptors (Lipinski definition) is 7. The fourth-order valence-corrected chi connectivity index (χ4v) is 4.06. The zero-order chi connectivity index (χ0) is 26.3.